The number of nitrogens with two attached hydrogens (primary N) is 1. The molecule has 1 aliphatic rings. The van der Waals surface area contributed by atoms with Crippen LogP contribution in [0.3, 0.4) is 0 Å². The molecule has 84 valence electrons. The predicted molar refractivity (Wildman–Crippen MR) is 66.4 cm³/mol. The van der Waals surface area contributed by atoms with Gasteiger partial charge in [0.05, 0.1) is 11.6 Å². The van der Waals surface area contributed by atoms with E-state index in [1.807, 2.05) is 0 Å². The van der Waals surface area contributed by atoms with Crippen LogP contribution in [0.1, 0.15) is 11.3 Å². The molecule has 1 atom stereocenters. The van der Waals surface area contributed by atoms with Gasteiger partial charge in [0.1, 0.15) is 0 Å². The fourth-order valence-electron chi connectivity index (χ4n) is 1.84. The normalized spacial score (nSPS) is 22.2. The molecule has 0 spiro atoms. The highest BCUT2D eigenvalue weighted by atomic mass is 79.9. The molecule has 0 radical (unpaired) electrons. The van der Waals surface area contributed by atoms with Crippen molar-refractivity contribution in [2.45, 2.75) is 19.0 Å². The van der Waals surface area contributed by atoms with Gasteiger partial charge < -0.3 is 10.5 Å². The number of rotatable bonds is 3. The molecule has 0 amide bonds. The van der Waals surface area contributed by atoms with Gasteiger partial charge in [-0.1, -0.05) is 0 Å². The summed E-state index contributed by atoms with van der Waals surface area (Å²) >= 11 is 5.18. The molecule has 1 saturated heterocycles. The van der Waals surface area contributed by atoms with Gasteiger partial charge in [0, 0.05) is 30.6 Å². The van der Waals surface area contributed by atoms with Crippen LogP contribution >= 0.6 is 27.3 Å². The molecule has 2 heterocycles. The summed E-state index contributed by atoms with van der Waals surface area (Å²) in [5, 5.41) is 0.952. The first-order valence-corrected chi connectivity index (χ1v) is 6.60. The lowest BCUT2D eigenvalue weighted by Gasteiger charge is -2.12. The van der Waals surface area contributed by atoms with Crippen molar-refractivity contribution in [3.05, 3.63) is 15.4 Å². The van der Waals surface area contributed by atoms with Gasteiger partial charge in [0.2, 0.25) is 0 Å². The molecule has 0 bridgehead atoms. The third-order valence-corrected chi connectivity index (χ3v) is 4.51. The first-order valence-electron chi connectivity index (χ1n) is 4.99. The zero-order valence-corrected chi connectivity index (χ0v) is 11.1. The van der Waals surface area contributed by atoms with Crippen molar-refractivity contribution in [2.24, 2.45) is 5.73 Å². The monoisotopic (exact) mass is 290 g/mol. The summed E-state index contributed by atoms with van der Waals surface area (Å²) in [5.74, 6) is 0. The van der Waals surface area contributed by atoms with Gasteiger partial charge in [-0.3, -0.25) is 4.90 Å². The fraction of sp³-hybridized carbons (Fsp3) is 0.600. The van der Waals surface area contributed by atoms with E-state index in [4.69, 9.17) is 10.5 Å². The highest BCUT2D eigenvalue weighted by molar-refractivity contribution is 9.10. The van der Waals surface area contributed by atoms with Crippen LogP contribution < -0.4 is 10.5 Å². The van der Waals surface area contributed by atoms with Gasteiger partial charge in [-0.15, -0.1) is 11.3 Å². The highest BCUT2D eigenvalue weighted by Gasteiger charge is 2.20. The number of ether oxygens (including phenoxy) is 1. The number of thiophene rings is 1. The van der Waals surface area contributed by atoms with E-state index in [1.165, 1.54) is 4.88 Å². The van der Waals surface area contributed by atoms with Gasteiger partial charge in [0.15, 0.2) is 5.06 Å². The highest BCUT2D eigenvalue weighted by Crippen LogP contribution is 2.35. The van der Waals surface area contributed by atoms with Crippen molar-refractivity contribution >= 4 is 27.3 Å². The Hall–Kier alpha value is -0.100. The summed E-state index contributed by atoms with van der Waals surface area (Å²) in [6.07, 6.45) is 1.11. The lowest BCUT2D eigenvalue weighted by molar-refractivity contribution is 0.330. The first kappa shape index (κ1) is 11.4. The van der Waals surface area contributed by atoms with Crippen molar-refractivity contribution in [3.8, 4) is 5.06 Å². The average Bonchev–Trinajstić information content (AvgIpc) is 2.73. The number of hydrogen-bond acceptors (Lipinski definition) is 4. The van der Waals surface area contributed by atoms with Crippen LogP contribution in [0.15, 0.2) is 10.5 Å². The zero-order valence-electron chi connectivity index (χ0n) is 8.70. The maximum absolute atomic E-state index is 5.87. The summed E-state index contributed by atoms with van der Waals surface area (Å²) in [6.45, 7) is 3.11. The number of halogens is 1. The average molecular weight is 291 g/mol. The van der Waals surface area contributed by atoms with Crippen molar-refractivity contribution in [1.29, 1.82) is 0 Å². The fourth-order valence-corrected chi connectivity index (χ4v) is 3.58. The number of nitrogens with zero attached hydrogens (tertiary/aromatic N) is 1. The number of methoxy groups -OCH3 is 1. The van der Waals surface area contributed by atoms with Gasteiger partial charge in [-0.2, -0.15) is 0 Å². The molecule has 0 unspecified atom stereocenters. The van der Waals surface area contributed by atoms with Gasteiger partial charge in [-0.05, 0) is 28.4 Å². The Morgan fingerprint density at radius 1 is 1.73 bits per heavy atom. The third kappa shape index (κ3) is 2.72. The maximum Gasteiger partial charge on any atom is 0.188 e. The standard InChI is InChI=1S/C10H15BrN2OS/c1-14-10-9(11)4-8(15-10)6-13-3-2-7(12)5-13/h4,7H,2-3,5-6,12H2,1H3/t7-/m0/s1. The Morgan fingerprint density at radius 3 is 3.07 bits per heavy atom. The minimum atomic E-state index is 0.357. The van der Waals surface area contributed by atoms with Crippen LogP contribution in [-0.4, -0.2) is 31.1 Å². The zero-order chi connectivity index (χ0) is 10.8. The largest absolute Gasteiger partial charge is 0.486 e. The quantitative estimate of drug-likeness (QED) is 0.926. The molecule has 5 heteroatoms. The smallest absolute Gasteiger partial charge is 0.188 e. The minimum Gasteiger partial charge on any atom is -0.486 e. The minimum absolute atomic E-state index is 0.357. The van der Waals surface area contributed by atoms with Crippen LogP contribution in [0.2, 0.25) is 0 Å². The Bertz CT molecular complexity index is 342. The van der Waals surface area contributed by atoms with Crippen molar-refractivity contribution in [2.75, 3.05) is 20.2 Å². The Morgan fingerprint density at radius 2 is 2.53 bits per heavy atom. The molecular weight excluding hydrogens is 276 g/mol. The molecule has 0 aromatic carbocycles. The third-order valence-electron chi connectivity index (χ3n) is 2.58. The number of hydrogen-bond donors (Lipinski definition) is 1. The van der Waals surface area contributed by atoms with Crippen LogP contribution in [0, 0.1) is 0 Å². The Labute approximate surface area is 102 Å². The van der Waals surface area contributed by atoms with E-state index in [-0.39, 0.29) is 0 Å². The van der Waals surface area contributed by atoms with E-state index in [1.54, 1.807) is 18.4 Å². The second kappa shape index (κ2) is 4.82. The lowest BCUT2D eigenvalue weighted by atomic mass is 10.3. The first-order chi connectivity index (χ1) is 7.19. The molecule has 0 saturated carbocycles. The second-order valence-electron chi connectivity index (χ2n) is 3.84. The van der Waals surface area contributed by atoms with Crippen molar-refractivity contribution < 1.29 is 4.74 Å². The SMILES string of the molecule is COc1sc(CN2CC[C@H](N)C2)cc1Br. The van der Waals surface area contributed by atoms with Crippen LogP contribution in [0.25, 0.3) is 0 Å². The van der Waals surface area contributed by atoms with Crippen molar-refractivity contribution in [1.82, 2.24) is 4.90 Å². The summed E-state index contributed by atoms with van der Waals surface area (Å²) in [5.41, 5.74) is 5.87. The molecule has 1 aromatic rings. The number of likely N-dealkylation sites (tertiary alicyclic amines) is 1. The van der Waals surface area contributed by atoms with Gasteiger partial charge >= 0.3 is 0 Å². The van der Waals surface area contributed by atoms with E-state index < -0.39 is 0 Å². The van der Waals surface area contributed by atoms with Gasteiger partial charge in [0.25, 0.3) is 0 Å². The van der Waals surface area contributed by atoms with Crippen molar-refractivity contribution in [3.63, 3.8) is 0 Å². The van der Waals surface area contributed by atoms with E-state index >= 15 is 0 Å². The Kier molecular flexibility index (Phi) is 3.66. The molecular formula is C10H15BrN2OS. The van der Waals surface area contributed by atoms with E-state index in [2.05, 4.69) is 26.9 Å². The molecule has 0 aliphatic carbocycles. The van der Waals surface area contributed by atoms with Gasteiger partial charge in [-0.25, -0.2) is 0 Å². The molecule has 1 fully saturated rings. The summed E-state index contributed by atoms with van der Waals surface area (Å²) in [4.78, 5) is 3.72. The van der Waals surface area contributed by atoms with Crippen LogP contribution in [0.4, 0.5) is 0 Å². The maximum atomic E-state index is 5.87. The van der Waals surface area contributed by atoms with Crippen LogP contribution in [0.5, 0.6) is 5.06 Å². The summed E-state index contributed by atoms with van der Waals surface area (Å²) in [7, 11) is 1.70. The molecule has 15 heavy (non-hydrogen) atoms. The second-order valence-corrected chi connectivity index (χ2v) is 5.79. The van der Waals surface area contributed by atoms with E-state index in [9.17, 15) is 0 Å². The lowest BCUT2D eigenvalue weighted by Crippen LogP contribution is -2.25. The summed E-state index contributed by atoms with van der Waals surface area (Å²) < 4.78 is 6.29. The topological polar surface area (TPSA) is 38.5 Å². The summed E-state index contributed by atoms with van der Waals surface area (Å²) in [6, 6.07) is 2.49. The molecule has 2 N–H and O–H groups in total. The molecule has 1 aliphatic heterocycles. The molecule has 3 nitrogen and oxygen atoms in total. The van der Waals surface area contributed by atoms with Crippen LogP contribution in [-0.2, 0) is 6.54 Å². The van der Waals surface area contributed by atoms with E-state index in [0.29, 0.717) is 6.04 Å². The predicted octanol–water partition coefficient (Wildman–Crippen LogP) is 2.05. The molecule has 1 aromatic heterocycles. The molecule has 2 rings (SSSR count). The Balaban J connectivity index is 1.98. The van der Waals surface area contributed by atoms with E-state index in [0.717, 1.165) is 35.6 Å².